The molecular weight excluding hydrogens is 558 g/mol. The van der Waals surface area contributed by atoms with Gasteiger partial charge < -0.3 is 26.6 Å². The topological polar surface area (TPSA) is 151 Å². The summed E-state index contributed by atoms with van der Waals surface area (Å²) in [5.41, 5.74) is 5.41. The van der Waals surface area contributed by atoms with Gasteiger partial charge in [0.15, 0.2) is 0 Å². The monoisotopic (exact) mass is 619 g/mol. The molecule has 1 rings (SSSR count). The van der Waals surface area contributed by atoms with Crippen LogP contribution >= 0.6 is 0 Å². The molecule has 252 valence electrons. The number of nitrogens with two attached hydrogens (primary N) is 1. The number of hydrogen-bond acceptors (Lipinski definition) is 5. The summed E-state index contributed by atoms with van der Waals surface area (Å²) < 4.78 is 0. The first-order valence-corrected chi connectivity index (χ1v) is 17.1. The predicted molar refractivity (Wildman–Crippen MR) is 175 cm³/mol. The second-order valence-corrected chi connectivity index (χ2v) is 12.7. The Balaban J connectivity index is 2.27. The molecule has 44 heavy (non-hydrogen) atoms. The zero-order valence-corrected chi connectivity index (χ0v) is 28.1. The fourth-order valence-electron chi connectivity index (χ4n) is 5.50. The van der Waals surface area contributed by atoms with Crippen molar-refractivity contribution in [1.82, 2.24) is 20.9 Å². The van der Waals surface area contributed by atoms with Gasteiger partial charge in [-0.25, -0.2) is 0 Å². The third-order valence-electron chi connectivity index (χ3n) is 8.28. The SMILES string of the molecule is CCCCCCCC/C=C\CCCCCCCC(=O)NC(C)C(=O)NC(C)C(=O)N1CCCC1C(=O)NC(C(N)=O)C(C)C. The number of carbonyl (C=O) groups is 5. The summed E-state index contributed by atoms with van der Waals surface area (Å²) in [6, 6.07) is -3.22. The highest BCUT2D eigenvalue weighted by Crippen LogP contribution is 2.19. The van der Waals surface area contributed by atoms with Gasteiger partial charge in [0.1, 0.15) is 24.2 Å². The van der Waals surface area contributed by atoms with Crippen molar-refractivity contribution in [3.05, 3.63) is 12.2 Å². The maximum absolute atomic E-state index is 13.1. The predicted octanol–water partition coefficient (Wildman–Crippen LogP) is 4.65. The number of amides is 5. The van der Waals surface area contributed by atoms with Crippen LogP contribution in [-0.2, 0) is 24.0 Å². The van der Waals surface area contributed by atoms with E-state index in [9.17, 15) is 24.0 Å². The molecule has 1 fully saturated rings. The van der Waals surface area contributed by atoms with Crippen molar-refractivity contribution in [2.75, 3.05) is 6.54 Å². The summed E-state index contributed by atoms with van der Waals surface area (Å²) in [7, 11) is 0. The zero-order valence-electron chi connectivity index (χ0n) is 28.1. The van der Waals surface area contributed by atoms with Crippen LogP contribution in [-0.4, -0.2) is 65.1 Å². The number of allylic oxidation sites excluding steroid dienone is 2. The van der Waals surface area contributed by atoms with E-state index in [2.05, 4.69) is 35.0 Å². The third kappa shape index (κ3) is 15.7. The molecule has 1 heterocycles. The highest BCUT2D eigenvalue weighted by Gasteiger charge is 2.38. The van der Waals surface area contributed by atoms with Crippen LogP contribution in [0.5, 0.6) is 0 Å². The van der Waals surface area contributed by atoms with Crippen LogP contribution in [0, 0.1) is 5.92 Å². The summed E-state index contributed by atoms with van der Waals surface area (Å²) in [6.07, 6.45) is 21.5. The second-order valence-electron chi connectivity index (χ2n) is 12.7. The Hall–Kier alpha value is -2.91. The van der Waals surface area contributed by atoms with E-state index in [4.69, 9.17) is 5.73 Å². The van der Waals surface area contributed by atoms with E-state index in [1.165, 1.54) is 56.3 Å². The van der Waals surface area contributed by atoms with Gasteiger partial charge in [0.2, 0.25) is 29.5 Å². The van der Waals surface area contributed by atoms with Gasteiger partial charge in [0.25, 0.3) is 0 Å². The average Bonchev–Trinajstić information content (AvgIpc) is 3.47. The number of nitrogens with one attached hydrogen (secondary N) is 3. The number of primary amides is 1. The molecule has 0 aromatic carbocycles. The number of rotatable bonds is 23. The number of nitrogens with zero attached hydrogens (tertiary/aromatic N) is 1. The summed E-state index contributed by atoms with van der Waals surface area (Å²) in [4.78, 5) is 64.2. The molecule has 5 amide bonds. The first kappa shape index (κ1) is 39.1. The molecule has 4 unspecified atom stereocenters. The van der Waals surface area contributed by atoms with Crippen molar-refractivity contribution in [1.29, 1.82) is 0 Å². The Morgan fingerprint density at radius 1 is 0.773 bits per heavy atom. The number of likely N-dealkylation sites (tertiary alicyclic amines) is 1. The molecule has 1 saturated heterocycles. The van der Waals surface area contributed by atoms with E-state index in [0.29, 0.717) is 25.8 Å². The van der Waals surface area contributed by atoms with Crippen LogP contribution in [0.1, 0.15) is 137 Å². The van der Waals surface area contributed by atoms with E-state index in [0.717, 1.165) is 32.1 Å². The fraction of sp³-hybridized carbons (Fsp3) is 0.794. The van der Waals surface area contributed by atoms with Crippen molar-refractivity contribution >= 4 is 29.5 Å². The third-order valence-corrected chi connectivity index (χ3v) is 8.28. The summed E-state index contributed by atoms with van der Waals surface area (Å²) >= 11 is 0. The second kappa shape index (κ2) is 22.6. The van der Waals surface area contributed by atoms with Gasteiger partial charge in [0.05, 0.1) is 0 Å². The molecular formula is C34H61N5O5. The minimum atomic E-state index is -0.877. The van der Waals surface area contributed by atoms with Gasteiger partial charge in [0, 0.05) is 13.0 Å². The van der Waals surface area contributed by atoms with Crippen LogP contribution in [0.2, 0.25) is 0 Å². The quantitative estimate of drug-likeness (QED) is 0.0970. The molecule has 0 bridgehead atoms. The van der Waals surface area contributed by atoms with E-state index >= 15 is 0 Å². The lowest BCUT2D eigenvalue weighted by molar-refractivity contribution is -0.142. The Kier molecular flexibility index (Phi) is 20.1. The number of hydrogen-bond donors (Lipinski definition) is 4. The maximum atomic E-state index is 13.1. The minimum absolute atomic E-state index is 0.185. The molecule has 1 aliphatic heterocycles. The molecule has 5 N–H and O–H groups in total. The van der Waals surface area contributed by atoms with Crippen LogP contribution < -0.4 is 21.7 Å². The van der Waals surface area contributed by atoms with Crippen LogP contribution in [0.3, 0.4) is 0 Å². The summed E-state index contributed by atoms with van der Waals surface area (Å²) in [5, 5.41) is 8.05. The van der Waals surface area contributed by atoms with E-state index in [1.54, 1.807) is 27.7 Å². The maximum Gasteiger partial charge on any atom is 0.245 e. The normalized spacial score (nSPS) is 17.0. The van der Waals surface area contributed by atoms with Gasteiger partial charge in [-0.1, -0.05) is 84.3 Å². The Labute approximate surface area is 266 Å². The van der Waals surface area contributed by atoms with Gasteiger partial charge in [-0.15, -0.1) is 0 Å². The summed E-state index contributed by atoms with van der Waals surface area (Å²) in [6.45, 7) is 9.34. The van der Waals surface area contributed by atoms with E-state index < -0.39 is 41.9 Å². The van der Waals surface area contributed by atoms with Crippen LogP contribution in [0.25, 0.3) is 0 Å². The lowest BCUT2D eigenvalue weighted by Gasteiger charge is -2.29. The molecule has 10 heteroatoms. The van der Waals surface area contributed by atoms with Crippen LogP contribution in [0.4, 0.5) is 0 Å². The molecule has 0 aromatic rings. The Morgan fingerprint density at radius 3 is 1.91 bits per heavy atom. The molecule has 0 aliphatic carbocycles. The van der Waals surface area contributed by atoms with Gasteiger partial charge in [-0.05, 0) is 64.7 Å². The first-order valence-electron chi connectivity index (χ1n) is 17.1. The van der Waals surface area contributed by atoms with Crippen molar-refractivity contribution in [3.63, 3.8) is 0 Å². The average molecular weight is 620 g/mol. The molecule has 0 saturated carbocycles. The highest BCUT2D eigenvalue weighted by atomic mass is 16.2. The summed E-state index contributed by atoms with van der Waals surface area (Å²) in [5.74, 6) is -2.27. The Morgan fingerprint density at radius 2 is 1.34 bits per heavy atom. The lowest BCUT2D eigenvalue weighted by Crippen LogP contribution is -2.57. The zero-order chi connectivity index (χ0) is 32.9. The van der Waals surface area contributed by atoms with Crippen molar-refractivity contribution < 1.29 is 24.0 Å². The Bertz CT molecular complexity index is 922. The molecule has 10 nitrogen and oxygen atoms in total. The molecule has 0 radical (unpaired) electrons. The lowest BCUT2D eigenvalue weighted by atomic mass is 10.0. The molecule has 4 atom stereocenters. The number of carbonyl (C=O) groups excluding carboxylic acids is 5. The van der Waals surface area contributed by atoms with Crippen molar-refractivity contribution in [2.45, 2.75) is 162 Å². The van der Waals surface area contributed by atoms with E-state index in [1.807, 2.05) is 0 Å². The van der Waals surface area contributed by atoms with Crippen molar-refractivity contribution in [3.8, 4) is 0 Å². The minimum Gasteiger partial charge on any atom is -0.368 e. The molecule has 1 aliphatic rings. The van der Waals surface area contributed by atoms with E-state index in [-0.39, 0.29) is 17.7 Å². The van der Waals surface area contributed by atoms with Crippen LogP contribution in [0.15, 0.2) is 12.2 Å². The highest BCUT2D eigenvalue weighted by molar-refractivity contribution is 5.95. The van der Waals surface area contributed by atoms with Gasteiger partial charge in [-0.2, -0.15) is 0 Å². The number of unbranched alkanes of at least 4 members (excludes halogenated alkanes) is 11. The van der Waals surface area contributed by atoms with Gasteiger partial charge >= 0.3 is 0 Å². The molecule has 0 spiro atoms. The fourth-order valence-corrected chi connectivity index (χ4v) is 5.50. The smallest absolute Gasteiger partial charge is 0.245 e. The standard InChI is InChI=1S/C34H61N5O5/c1-6-7-8-9-10-11-12-13-14-15-16-17-18-19-20-23-29(40)36-26(4)32(42)37-27(5)34(44)39-24-21-22-28(39)33(43)38-30(25(2)3)31(35)41/h13-14,25-28,30H,6-12,15-24H2,1-5H3,(H2,35,41)(H,36,40)(H,37,42)(H,38,43)/b14-13-. The van der Waals surface area contributed by atoms with Gasteiger partial charge in [-0.3, -0.25) is 24.0 Å². The largest absolute Gasteiger partial charge is 0.368 e. The van der Waals surface area contributed by atoms with Crippen molar-refractivity contribution in [2.24, 2.45) is 11.7 Å². The molecule has 0 aromatic heterocycles. The first-order chi connectivity index (χ1) is 21.0.